The second-order valence-electron chi connectivity index (χ2n) is 6.35. The third-order valence-electron chi connectivity index (χ3n) is 4.52. The molecule has 0 aliphatic carbocycles. The van der Waals surface area contributed by atoms with Crippen LogP contribution in [-0.4, -0.2) is 50.1 Å². The number of ether oxygens (including phenoxy) is 1. The Morgan fingerprint density at radius 1 is 1.07 bits per heavy atom. The van der Waals surface area contributed by atoms with E-state index in [1.165, 1.54) is 11.1 Å². The molecule has 0 spiro atoms. The van der Waals surface area contributed by atoms with E-state index in [2.05, 4.69) is 33.8 Å². The summed E-state index contributed by atoms with van der Waals surface area (Å²) < 4.78 is 5.63. The highest BCUT2D eigenvalue weighted by Crippen LogP contribution is 2.18. The SMILES string of the molecule is CN=C(NCCOc1ccccc1)NCC(=O)N1CCc2ccccc2C1. The van der Waals surface area contributed by atoms with Crippen molar-refractivity contribution in [2.24, 2.45) is 4.99 Å². The number of nitrogens with one attached hydrogen (secondary N) is 2. The molecule has 0 fully saturated rings. The molecule has 1 aliphatic rings. The van der Waals surface area contributed by atoms with Crippen molar-refractivity contribution in [3.05, 3.63) is 65.7 Å². The summed E-state index contributed by atoms with van der Waals surface area (Å²) in [5, 5.41) is 6.24. The minimum absolute atomic E-state index is 0.0768. The second-order valence-corrected chi connectivity index (χ2v) is 6.35. The van der Waals surface area contributed by atoms with Gasteiger partial charge in [-0.25, -0.2) is 0 Å². The molecule has 2 N–H and O–H groups in total. The van der Waals surface area contributed by atoms with Crippen LogP contribution in [0.2, 0.25) is 0 Å². The van der Waals surface area contributed by atoms with E-state index in [9.17, 15) is 4.79 Å². The van der Waals surface area contributed by atoms with E-state index in [1.807, 2.05) is 41.3 Å². The van der Waals surface area contributed by atoms with Gasteiger partial charge < -0.3 is 20.3 Å². The van der Waals surface area contributed by atoms with Gasteiger partial charge in [0.1, 0.15) is 12.4 Å². The summed E-state index contributed by atoms with van der Waals surface area (Å²) in [6.45, 7) is 2.77. The van der Waals surface area contributed by atoms with Gasteiger partial charge in [-0.2, -0.15) is 0 Å². The Morgan fingerprint density at radius 2 is 1.81 bits per heavy atom. The fourth-order valence-corrected chi connectivity index (χ4v) is 3.06. The van der Waals surface area contributed by atoms with E-state index in [-0.39, 0.29) is 12.5 Å². The molecule has 0 saturated carbocycles. The topological polar surface area (TPSA) is 66.0 Å². The smallest absolute Gasteiger partial charge is 0.242 e. The van der Waals surface area contributed by atoms with Crippen molar-refractivity contribution in [3.63, 3.8) is 0 Å². The highest BCUT2D eigenvalue weighted by molar-refractivity contribution is 5.86. The lowest BCUT2D eigenvalue weighted by Gasteiger charge is -2.29. The van der Waals surface area contributed by atoms with E-state index < -0.39 is 0 Å². The number of rotatable bonds is 6. The monoisotopic (exact) mass is 366 g/mol. The van der Waals surface area contributed by atoms with Crippen LogP contribution >= 0.6 is 0 Å². The summed E-state index contributed by atoms with van der Waals surface area (Å²) >= 11 is 0. The van der Waals surface area contributed by atoms with Gasteiger partial charge in [-0.05, 0) is 29.7 Å². The molecule has 0 bridgehead atoms. The van der Waals surface area contributed by atoms with Gasteiger partial charge in [-0.1, -0.05) is 42.5 Å². The van der Waals surface area contributed by atoms with Crippen LogP contribution in [0.15, 0.2) is 59.6 Å². The van der Waals surface area contributed by atoms with Gasteiger partial charge in [0.25, 0.3) is 0 Å². The van der Waals surface area contributed by atoms with Gasteiger partial charge in [0.05, 0.1) is 13.1 Å². The van der Waals surface area contributed by atoms with Gasteiger partial charge in [0.15, 0.2) is 5.96 Å². The summed E-state index contributed by atoms with van der Waals surface area (Å²) in [6, 6.07) is 18.0. The van der Waals surface area contributed by atoms with Crippen LogP contribution < -0.4 is 15.4 Å². The van der Waals surface area contributed by atoms with Gasteiger partial charge in [0, 0.05) is 20.1 Å². The number of carbonyl (C=O) groups excluding carboxylic acids is 1. The quantitative estimate of drug-likeness (QED) is 0.465. The first-order valence-electron chi connectivity index (χ1n) is 9.23. The van der Waals surface area contributed by atoms with Crippen LogP contribution in [0.3, 0.4) is 0 Å². The summed E-state index contributed by atoms with van der Waals surface area (Å²) in [6.07, 6.45) is 0.908. The molecule has 2 aromatic rings. The van der Waals surface area contributed by atoms with Gasteiger partial charge in [-0.3, -0.25) is 9.79 Å². The van der Waals surface area contributed by atoms with Crippen molar-refractivity contribution in [1.82, 2.24) is 15.5 Å². The number of carbonyl (C=O) groups is 1. The van der Waals surface area contributed by atoms with Crippen molar-refractivity contribution >= 4 is 11.9 Å². The maximum Gasteiger partial charge on any atom is 0.242 e. The first-order valence-corrected chi connectivity index (χ1v) is 9.23. The second kappa shape index (κ2) is 9.62. The van der Waals surface area contributed by atoms with Crippen LogP contribution in [0.4, 0.5) is 0 Å². The molecule has 1 amide bonds. The average Bonchev–Trinajstić information content (AvgIpc) is 2.73. The molecule has 6 heteroatoms. The molecule has 0 saturated heterocycles. The maximum absolute atomic E-state index is 12.5. The van der Waals surface area contributed by atoms with E-state index >= 15 is 0 Å². The van der Waals surface area contributed by atoms with Gasteiger partial charge >= 0.3 is 0 Å². The molecule has 142 valence electrons. The fourth-order valence-electron chi connectivity index (χ4n) is 3.06. The molecule has 0 unspecified atom stereocenters. The van der Waals surface area contributed by atoms with E-state index in [0.29, 0.717) is 25.7 Å². The van der Waals surface area contributed by atoms with Crippen LogP contribution in [0.1, 0.15) is 11.1 Å². The number of amides is 1. The van der Waals surface area contributed by atoms with Crippen LogP contribution in [0.5, 0.6) is 5.75 Å². The molecular weight excluding hydrogens is 340 g/mol. The summed E-state index contributed by atoms with van der Waals surface area (Å²) in [4.78, 5) is 18.5. The van der Waals surface area contributed by atoms with Crippen LogP contribution in [-0.2, 0) is 17.8 Å². The van der Waals surface area contributed by atoms with E-state index in [0.717, 1.165) is 18.7 Å². The first-order chi connectivity index (χ1) is 13.3. The molecular formula is C21H26N4O2. The number of aliphatic imine (C=N–C) groups is 1. The Balaban J connectivity index is 1.38. The summed E-state index contributed by atoms with van der Waals surface area (Å²) in [5.41, 5.74) is 2.57. The number of nitrogens with zero attached hydrogens (tertiary/aromatic N) is 2. The van der Waals surface area contributed by atoms with Crippen molar-refractivity contribution in [3.8, 4) is 5.75 Å². The van der Waals surface area contributed by atoms with Crippen molar-refractivity contribution in [1.29, 1.82) is 0 Å². The number of benzene rings is 2. The van der Waals surface area contributed by atoms with Gasteiger partial charge in [-0.15, -0.1) is 0 Å². The molecule has 1 aliphatic heterocycles. The molecule has 0 atom stereocenters. The minimum atomic E-state index is 0.0768. The molecule has 0 radical (unpaired) electrons. The Labute approximate surface area is 160 Å². The predicted molar refractivity (Wildman–Crippen MR) is 107 cm³/mol. The molecule has 3 rings (SSSR count). The Morgan fingerprint density at radius 3 is 2.59 bits per heavy atom. The highest BCUT2D eigenvalue weighted by Gasteiger charge is 2.20. The lowest BCUT2D eigenvalue weighted by atomic mass is 10.00. The highest BCUT2D eigenvalue weighted by atomic mass is 16.5. The zero-order chi connectivity index (χ0) is 18.9. The normalized spacial score (nSPS) is 13.7. The number of hydrogen-bond acceptors (Lipinski definition) is 3. The summed E-state index contributed by atoms with van der Waals surface area (Å²) in [7, 11) is 1.69. The Bertz CT molecular complexity index is 777. The molecule has 0 aromatic heterocycles. The zero-order valence-electron chi connectivity index (χ0n) is 15.6. The molecule has 2 aromatic carbocycles. The van der Waals surface area contributed by atoms with Crippen LogP contribution in [0, 0.1) is 0 Å². The Hall–Kier alpha value is -3.02. The zero-order valence-corrected chi connectivity index (χ0v) is 15.6. The predicted octanol–water partition coefficient (Wildman–Crippen LogP) is 1.82. The van der Waals surface area contributed by atoms with E-state index in [4.69, 9.17) is 4.74 Å². The van der Waals surface area contributed by atoms with E-state index in [1.54, 1.807) is 7.05 Å². The number of hydrogen-bond donors (Lipinski definition) is 2. The van der Waals surface area contributed by atoms with Crippen molar-refractivity contribution in [2.75, 3.05) is 33.3 Å². The van der Waals surface area contributed by atoms with Gasteiger partial charge in [0.2, 0.25) is 5.91 Å². The molecule has 27 heavy (non-hydrogen) atoms. The van der Waals surface area contributed by atoms with Crippen molar-refractivity contribution in [2.45, 2.75) is 13.0 Å². The lowest BCUT2D eigenvalue weighted by Crippen LogP contribution is -2.46. The lowest BCUT2D eigenvalue weighted by molar-refractivity contribution is -0.130. The molecule has 1 heterocycles. The standard InChI is InChI=1S/C21H26N4O2/c1-22-21(23-12-14-27-19-9-3-2-4-10-19)24-15-20(26)25-13-11-17-7-5-6-8-18(17)16-25/h2-10H,11-16H2,1H3,(H2,22,23,24). The number of para-hydroxylation sites is 1. The van der Waals surface area contributed by atoms with Crippen molar-refractivity contribution < 1.29 is 9.53 Å². The van der Waals surface area contributed by atoms with Crippen LogP contribution in [0.25, 0.3) is 0 Å². The maximum atomic E-state index is 12.5. The fraction of sp³-hybridized carbons (Fsp3) is 0.333. The largest absolute Gasteiger partial charge is 0.492 e. The minimum Gasteiger partial charge on any atom is -0.492 e. The molecule has 6 nitrogen and oxygen atoms in total. The number of fused-ring (bicyclic) bond motifs is 1. The number of guanidine groups is 1. The Kier molecular flexibility index (Phi) is 6.68. The summed E-state index contributed by atoms with van der Waals surface area (Å²) in [5.74, 6) is 1.51. The first kappa shape index (κ1) is 18.8. The third-order valence-corrected chi connectivity index (χ3v) is 4.52. The third kappa shape index (κ3) is 5.48. The average molecular weight is 366 g/mol.